The highest BCUT2D eigenvalue weighted by Gasteiger charge is 2.29. The lowest BCUT2D eigenvalue weighted by Crippen LogP contribution is -2.46. The topological polar surface area (TPSA) is 32.3 Å². The highest BCUT2D eigenvalue weighted by atomic mass is 32.2. The van der Waals surface area contributed by atoms with Crippen molar-refractivity contribution in [1.82, 2.24) is 5.32 Å². The van der Waals surface area contributed by atoms with Crippen LogP contribution in [0.2, 0.25) is 0 Å². The van der Waals surface area contributed by atoms with Gasteiger partial charge >= 0.3 is 0 Å². The minimum absolute atomic E-state index is 0.235. The average molecular weight is 231 g/mol. The van der Waals surface area contributed by atoms with Gasteiger partial charge in [-0.2, -0.15) is 11.8 Å². The number of rotatable bonds is 4. The maximum atomic E-state index is 9.08. The van der Waals surface area contributed by atoms with Crippen molar-refractivity contribution in [2.24, 2.45) is 5.41 Å². The van der Waals surface area contributed by atoms with Crippen LogP contribution in [0.15, 0.2) is 0 Å². The molecule has 0 spiro atoms. The summed E-state index contributed by atoms with van der Waals surface area (Å²) < 4.78 is 0. The zero-order valence-electron chi connectivity index (χ0n) is 10.4. The minimum atomic E-state index is 0.235. The normalized spacial score (nSPS) is 29.4. The van der Waals surface area contributed by atoms with E-state index in [4.69, 9.17) is 5.11 Å². The fourth-order valence-electron chi connectivity index (χ4n) is 2.11. The van der Waals surface area contributed by atoms with Gasteiger partial charge in [0.05, 0.1) is 0 Å². The lowest BCUT2D eigenvalue weighted by Gasteiger charge is -2.33. The Hall–Kier alpha value is 0.270. The van der Waals surface area contributed by atoms with E-state index in [2.05, 4.69) is 44.8 Å². The largest absolute Gasteiger partial charge is 0.396 e. The molecule has 0 amide bonds. The molecule has 3 unspecified atom stereocenters. The van der Waals surface area contributed by atoms with Gasteiger partial charge in [0.2, 0.25) is 0 Å². The quantitative estimate of drug-likeness (QED) is 0.778. The Balaban J connectivity index is 2.44. The van der Waals surface area contributed by atoms with E-state index in [1.165, 1.54) is 12.2 Å². The summed E-state index contributed by atoms with van der Waals surface area (Å²) in [6.07, 6.45) is 2.13. The third-order valence-corrected chi connectivity index (χ3v) is 4.45. The second-order valence-electron chi connectivity index (χ2n) is 5.67. The van der Waals surface area contributed by atoms with E-state index in [9.17, 15) is 0 Å². The second kappa shape index (κ2) is 5.55. The predicted octanol–water partition coefficient (Wildman–Crippen LogP) is 2.27. The fraction of sp³-hybridized carbons (Fsp3) is 1.00. The maximum absolute atomic E-state index is 9.08. The zero-order chi connectivity index (χ0) is 11.5. The highest BCUT2D eigenvalue weighted by Crippen LogP contribution is 2.29. The van der Waals surface area contributed by atoms with Crippen molar-refractivity contribution < 1.29 is 5.11 Å². The summed E-state index contributed by atoms with van der Waals surface area (Å²) in [4.78, 5) is 0. The first-order valence-electron chi connectivity index (χ1n) is 5.92. The molecule has 0 aromatic heterocycles. The second-order valence-corrected chi connectivity index (χ2v) is 7.15. The molecule has 0 bridgehead atoms. The van der Waals surface area contributed by atoms with Crippen LogP contribution in [0.1, 0.15) is 40.5 Å². The Morgan fingerprint density at radius 1 is 1.47 bits per heavy atom. The third-order valence-electron chi connectivity index (χ3n) is 3.10. The van der Waals surface area contributed by atoms with E-state index in [0.29, 0.717) is 12.1 Å². The molecule has 3 atom stereocenters. The minimum Gasteiger partial charge on any atom is -0.396 e. The molecule has 3 heteroatoms. The molecular formula is C12H25NOS. The average Bonchev–Trinajstić information content (AvgIpc) is 2.49. The van der Waals surface area contributed by atoms with E-state index in [-0.39, 0.29) is 12.0 Å². The number of thioether (sulfide) groups is 1. The lowest BCUT2D eigenvalue weighted by molar-refractivity contribution is 0.187. The number of aliphatic hydroxyl groups is 1. The van der Waals surface area contributed by atoms with Crippen molar-refractivity contribution in [1.29, 1.82) is 0 Å². The Bertz CT molecular complexity index is 191. The molecule has 1 aliphatic rings. The van der Waals surface area contributed by atoms with E-state index < -0.39 is 0 Å². The van der Waals surface area contributed by atoms with Crippen molar-refractivity contribution in [2.45, 2.75) is 57.9 Å². The van der Waals surface area contributed by atoms with Crippen LogP contribution in [0.4, 0.5) is 0 Å². The van der Waals surface area contributed by atoms with Gasteiger partial charge < -0.3 is 10.4 Å². The molecule has 15 heavy (non-hydrogen) atoms. The van der Waals surface area contributed by atoms with E-state index >= 15 is 0 Å². The first kappa shape index (κ1) is 13.3. The van der Waals surface area contributed by atoms with Gasteiger partial charge in [-0.1, -0.05) is 27.7 Å². The number of hydrogen-bond donors (Lipinski definition) is 2. The van der Waals surface area contributed by atoms with Gasteiger partial charge in [0.15, 0.2) is 0 Å². The molecule has 1 aliphatic heterocycles. The standard InChI is InChI=1S/C12H25NOS/c1-9-7-10(8-15-9)13-11(5-6-14)12(2,3)4/h9-11,13-14H,5-8H2,1-4H3. The number of aliphatic hydroxyl groups excluding tert-OH is 1. The van der Waals surface area contributed by atoms with Crippen molar-refractivity contribution in [3.05, 3.63) is 0 Å². The van der Waals surface area contributed by atoms with Crippen molar-refractivity contribution in [3.63, 3.8) is 0 Å². The smallest absolute Gasteiger partial charge is 0.0446 e. The molecule has 0 aliphatic carbocycles. The van der Waals surface area contributed by atoms with Crippen LogP contribution in [-0.4, -0.2) is 34.8 Å². The summed E-state index contributed by atoms with van der Waals surface area (Å²) in [5.74, 6) is 1.22. The zero-order valence-corrected chi connectivity index (χ0v) is 11.2. The van der Waals surface area contributed by atoms with Gasteiger partial charge in [0.1, 0.15) is 0 Å². The monoisotopic (exact) mass is 231 g/mol. The summed E-state index contributed by atoms with van der Waals surface area (Å²) in [6, 6.07) is 1.07. The Kier molecular flexibility index (Phi) is 4.94. The van der Waals surface area contributed by atoms with Crippen LogP contribution < -0.4 is 5.32 Å². The third kappa shape index (κ3) is 4.33. The molecule has 1 saturated heterocycles. The summed E-state index contributed by atoms with van der Waals surface area (Å²) in [5, 5.41) is 13.6. The van der Waals surface area contributed by atoms with E-state index in [0.717, 1.165) is 11.7 Å². The SMILES string of the molecule is CC1CC(NC(CCO)C(C)(C)C)CS1. The summed E-state index contributed by atoms with van der Waals surface area (Å²) >= 11 is 2.05. The molecule has 1 fully saturated rings. The molecule has 90 valence electrons. The van der Waals surface area contributed by atoms with E-state index in [1.54, 1.807) is 0 Å². The predicted molar refractivity (Wildman–Crippen MR) is 68.4 cm³/mol. The first-order chi connectivity index (χ1) is 6.93. The molecule has 0 radical (unpaired) electrons. The number of nitrogens with one attached hydrogen (secondary N) is 1. The Labute approximate surface area is 98.2 Å². The van der Waals surface area contributed by atoms with Crippen LogP contribution in [0.5, 0.6) is 0 Å². The molecule has 1 rings (SSSR count). The van der Waals surface area contributed by atoms with Gasteiger partial charge in [0, 0.05) is 29.7 Å². The summed E-state index contributed by atoms with van der Waals surface area (Å²) in [5.41, 5.74) is 0.235. The van der Waals surface area contributed by atoms with Gasteiger partial charge in [-0.05, 0) is 18.3 Å². The Morgan fingerprint density at radius 2 is 2.13 bits per heavy atom. The molecular weight excluding hydrogens is 206 g/mol. The maximum Gasteiger partial charge on any atom is 0.0446 e. The molecule has 2 N–H and O–H groups in total. The van der Waals surface area contributed by atoms with Crippen molar-refractivity contribution in [2.75, 3.05) is 12.4 Å². The van der Waals surface area contributed by atoms with Gasteiger partial charge in [-0.25, -0.2) is 0 Å². The van der Waals surface area contributed by atoms with Crippen molar-refractivity contribution >= 4 is 11.8 Å². The Morgan fingerprint density at radius 3 is 2.53 bits per heavy atom. The first-order valence-corrected chi connectivity index (χ1v) is 6.97. The van der Waals surface area contributed by atoms with Crippen LogP contribution in [-0.2, 0) is 0 Å². The lowest BCUT2D eigenvalue weighted by atomic mass is 9.84. The number of hydrogen-bond acceptors (Lipinski definition) is 3. The summed E-state index contributed by atoms with van der Waals surface area (Å²) in [6.45, 7) is 9.30. The van der Waals surface area contributed by atoms with Crippen LogP contribution in [0.3, 0.4) is 0 Å². The van der Waals surface area contributed by atoms with Gasteiger partial charge in [-0.3, -0.25) is 0 Å². The molecule has 0 saturated carbocycles. The van der Waals surface area contributed by atoms with Crippen LogP contribution in [0, 0.1) is 5.41 Å². The van der Waals surface area contributed by atoms with Gasteiger partial charge in [-0.15, -0.1) is 0 Å². The van der Waals surface area contributed by atoms with E-state index in [1.807, 2.05) is 0 Å². The molecule has 1 heterocycles. The molecule has 0 aromatic rings. The van der Waals surface area contributed by atoms with Crippen molar-refractivity contribution in [3.8, 4) is 0 Å². The summed E-state index contributed by atoms with van der Waals surface area (Å²) in [7, 11) is 0. The molecule has 2 nitrogen and oxygen atoms in total. The molecule has 0 aromatic carbocycles. The fourth-order valence-corrected chi connectivity index (χ4v) is 3.27. The van der Waals surface area contributed by atoms with Crippen LogP contribution >= 0.6 is 11.8 Å². The van der Waals surface area contributed by atoms with Gasteiger partial charge in [0.25, 0.3) is 0 Å². The highest BCUT2D eigenvalue weighted by molar-refractivity contribution is 8.00. The van der Waals surface area contributed by atoms with Crippen LogP contribution in [0.25, 0.3) is 0 Å².